The number of rotatable bonds is 4. The van der Waals surface area contributed by atoms with Gasteiger partial charge in [0.25, 0.3) is 0 Å². The molecule has 10 heteroatoms. The summed E-state index contributed by atoms with van der Waals surface area (Å²) in [5, 5.41) is 9.45. The van der Waals surface area contributed by atoms with Crippen molar-refractivity contribution in [2.24, 2.45) is 11.5 Å². The third-order valence-electron chi connectivity index (χ3n) is 4.64. The molecule has 6 N–H and O–H groups in total. The molecule has 1 aliphatic rings. The van der Waals surface area contributed by atoms with E-state index in [4.69, 9.17) is 16.6 Å². The molecule has 4 rings (SSSR count). The van der Waals surface area contributed by atoms with Gasteiger partial charge in [-0.2, -0.15) is 4.31 Å². The number of benzene rings is 1. The summed E-state index contributed by atoms with van der Waals surface area (Å²) in [6, 6.07) is 9.93. The lowest BCUT2D eigenvalue weighted by atomic mass is 10.2. The Balaban J connectivity index is 0.000000176. The lowest BCUT2D eigenvalue weighted by Gasteiger charge is -2.16. The Kier molecular flexibility index (Phi) is 6.28. The summed E-state index contributed by atoms with van der Waals surface area (Å²) in [7, 11) is -3.38. The van der Waals surface area contributed by atoms with E-state index in [1.807, 2.05) is 0 Å². The summed E-state index contributed by atoms with van der Waals surface area (Å²) >= 11 is 0. The van der Waals surface area contributed by atoms with Crippen LogP contribution in [0, 0.1) is 0 Å². The van der Waals surface area contributed by atoms with Crippen molar-refractivity contribution in [2.45, 2.75) is 23.9 Å². The highest BCUT2D eigenvalue weighted by atomic mass is 32.2. The van der Waals surface area contributed by atoms with Crippen molar-refractivity contribution >= 4 is 26.9 Å². The average Bonchev–Trinajstić information content (AvgIpc) is 3.35. The Morgan fingerprint density at radius 3 is 2.55 bits per heavy atom. The van der Waals surface area contributed by atoms with Crippen LogP contribution in [-0.4, -0.2) is 52.9 Å². The maximum atomic E-state index is 12.2. The van der Waals surface area contributed by atoms with Gasteiger partial charge < -0.3 is 21.6 Å². The second-order valence-electron chi connectivity index (χ2n) is 6.71. The SMILES string of the molecule is NCc1ccc(S(=O)(=O)N2CCC(N)C2)cc1.O=C(O)c1cc2cnccc2[nH]1. The van der Waals surface area contributed by atoms with Crippen LogP contribution in [-0.2, 0) is 16.6 Å². The zero-order valence-corrected chi connectivity index (χ0v) is 16.5. The number of hydrogen-bond donors (Lipinski definition) is 4. The largest absolute Gasteiger partial charge is 0.477 e. The summed E-state index contributed by atoms with van der Waals surface area (Å²) in [6.07, 6.45) is 3.96. The van der Waals surface area contributed by atoms with Crippen molar-refractivity contribution < 1.29 is 18.3 Å². The molecule has 0 saturated carbocycles. The number of H-pyrrole nitrogens is 1. The smallest absolute Gasteiger partial charge is 0.352 e. The molecule has 29 heavy (non-hydrogen) atoms. The fourth-order valence-corrected chi connectivity index (χ4v) is 4.52. The fourth-order valence-electron chi connectivity index (χ4n) is 3.01. The third-order valence-corrected chi connectivity index (χ3v) is 6.52. The first-order valence-electron chi connectivity index (χ1n) is 9.02. The topological polar surface area (TPSA) is 155 Å². The standard InChI is InChI=1S/C11H17N3O2S.C8H6N2O2/c12-7-9-1-3-11(4-2-9)17(15,16)14-6-5-10(13)8-14;11-8(12)7-3-5-4-9-2-1-6(5)10-7/h1-4,10H,5-8,12-13H2;1-4,10H,(H,11,12). The highest BCUT2D eigenvalue weighted by Crippen LogP contribution is 2.20. The molecule has 1 aliphatic heterocycles. The minimum absolute atomic E-state index is 0.0481. The molecule has 0 radical (unpaired) electrons. The maximum absolute atomic E-state index is 12.2. The van der Waals surface area contributed by atoms with E-state index in [1.165, 1.54) is 4.31 Å². The molecular weight excluding hydrogens is 394 g/mol. The normalized spacial score (nSPS) is 17.1. The van der Waals surface area contributed by atoms with E-state index in [-0.39, 0.29) is 11.7 Å². The van der Waals surface area contributed by atoms with Crippen LogP contribution < -0.4 is 11.5 Å². The van der Waals surface area contributed by atoms with Gasteiger partial charge in [0.1, 0.15) is 5.69 Å². The monoisotopic (exact) mass is 417 g/mol. The molecule has 2 aromatic heterocycles. The molecule has 1 fully saturated rings. The number of fused-ring (bicyclic) bond motifs is 1. The summed E-state index contributed by atoms with van der Waals surface area (Å²) in [5.74, 6) is -0.953. The van der Waals surface area contributed by atoms with Crippen molar-refractivity contribution in [3.63, 3.8) is 0 Å². The number of aromatic carboxylic acids is 1. The van der Waals surface area contributed by atoms with Gasteiger partial charge in [0.2, 0.25) is 10.0 Å². The van der Waals surface area contributed by atoms with Crippen LogP contribution in [0.15, 0.2) is 53.7 Å². The summed E-state index contributed by atoms with van der Waals surface area (Å²) in [4.78, 5) is 17.5. The molecule has 3 heterocycles. The van der Waals surface area contributed by atoms with Crippen LogP contribution >= 0.6 is 0 Å². The van der Waals surface area contributed by atoms with Gasteiger partial charge in [0, 0.05) is 49.0 Å². The first-order chi connectivity index (χ1) is 13.8. The van der Waals surface area contributed by atoms with Gasteiger partial charge in [0.15, 0.2) is 0 Å². The van der Waals surface area contributed by atoms with Gasteiger partial charge in [-0.15, -0.1) is 0 Å². The molecule has 0 bridgehead atoms. The van der Waals surface area contributed by atoms with Gasteiger partial charge in [-0.25, -0.2) is 13.2 Å². The van der Waals surface area contributed by atoms with Crippen molar-refractivity contribution in [3.05, 3.63) is 60.0 Å². The number of aromatic nitrogens is 2. The zero-order valence-electron chi connectivity index (χ0n) is 15.7. The summed E-state index contributed by atoms with van der Waals surface area (Å²) in [6.45, 7) is 1.32. The van der Waals surface area contributed by atoms with Crippen LogP contribution in [0.25, 0.3) is 10.9 Å². The van der Waals surface area contributed by atoms with Crippen molar-refractivity contribution in [1.29, 1.82) is 0 Å². The Hall–Kier alpha value is -2.79. The van der Waals surface area contributed by atoms with Gasteiger partial charge in [0.05, 0.1) is 4.90 Å². The molecule has 0 spiro atoms. The molecule has 0 aliphatic carbocycles. The first-order valence-corrected chi connectivity index (χ1v) is 10.5. The predicted molar refractivity (Wildman–Crippen MR) is 109 cm³/mol. The van der Waals surface area contributed by atoms with E-state index in [1.54, 1.807) is 48.8 Å². The molecule has 0 amide bonds. The van der Waals surface area contributed by atoms with E-state index in [2.05, 4.69) is 9.97 Å². The Morgan fingerprint density at radius 2 is 2.00 bits per heavy atom. The molecule has 3 aromatic rings. The number of sulfonamides is 1. The molecular formula is C19H23N5O4S. The van der Waals surface area contributed by atoms with Crippen molar-refractivity contribution in [1.82, 2.24) is 14.3 Å². The van der Waals surface area contributed by atoms with Crippen LogP contribution in [0.4, 0.5) is 0 Å². The molecule has 154 valence electrons. The van der Waals surface area contributed by atoms with E-state index >= 15 is 0 Å². The zero-order chi connectivity index (χ0) is 21.0. The van der Waals surface area contributed by atoms with E-state index < -0.39 is 16.0 Å². The number of pyridine rings is 1. The number of nitrogens with one attached hydrogen (secondary N) is 1. The van der Waals surface area contributed by atoms with Gasteiger partial charge in [-0.3, -0.25) is 4.98 Å². The number of nitrogens with two attached hydrogens (primary N) is 2. The molecule has 9 nitrogen and oxygen atoms in total. The molecule has 1 aromatic carbocycles. The molecule has 1 saturated heterocycles. The third kappa shape index (κ3) is 4.80. The number of aromatic amines is 1. The Labute approximate surface area is 168 Å². The second kappa shape index (κ2) is 8.70. The number of hydrogen-bond acceptors (Lipinski definition) is 6. The summed E-state index contributed by atoms with van der Waals surface area (Å²) in [5.41, 5.74) is 13.1. The Bertz CT molecular complexity index is 1060. The minimum Gasteiger partial charge on any atom is -0.477 e. The van der Waals surface area contributed by atoms with Crippen LogP contribution in [0.2, 0.25) is 0 Å². The molecule has 1 atom stereocenters. The van der Waals surface area contributed by atoms with Crippen molar-refractivity contribution in [2.75, 3.05) is 13.1 Å². The maximum Gasteiger partial charge on any atom is 0.352 e. The lowest BCUT2D eigenvalue weighted by Crippen LogP contribution is -2.31. The van der Waals surface area contributed by atoms with Gasteiger partial charge in [-0.1, -0.05) is 12.1 Å². The average molecular weight is 417 g/mol. The van der Waals surface area contributed by atoms with E-state index in [0.717, 1.165) is 22.9 Å². The number of carboxylic acid groups (broad SMARTS) is 1. The van der Waals surface area contributed by atoms with Crippen molar-refractivity contribution in [3.8, 4) is 0 Å². The highest BCUT2D eigenvalue weighted by Gasteiger charge is 2.30. The quantitative estimate of drug-likeness (QED) is 0.496. The van der Waals surface area contributed by atoms with E-state index in [9.17, 15) is 13.2 Å². The fraction of sp³-hybridized carbons (Fsp3) is 0.263. The Morgan fingerprint density at radius 1 is 1.28 bits per heavy atom. The highest BCUT2D eigenvalue weighted by molar-refractivity contribution is 7.89. The first kappa shape index (κ1) is 20.9. The van der Waals surface area contributed by atoms with E-state index in [0.29, 0.717) is 24.5 Å². The lowest BCUT2D eigenvalue weighted by molar-refractivity contribution is 0.0691. The number of carbonyl (C=O) groups is 1. The summed E-state index contributed by atoms with van der Waals surface area (Å²) < 4.78 is 25.9. The number of carboxylic acids is 1. The van der Waals surface area contributed by atoms with Crippen LogP contribution in [0.3, 0.4) is 0 Å². The van der Waals surface area contributed by atoms with Crippen LogP contribution in [0.1, 0.15) is 22.5 Å². The predicted octanol–water partition coefficient (Wildman–Crippen LogP) is 1.13. The van der Waals surface area contributed by atoms with Crippen LogP contribution in [0.5, 0.6) is 0 Å². The van der Waals surface area contributed by atoms with Gasteiger partial charge >= 0.3 is 5.97 Å². The van der Waals surface area contributed by atoms with Gasteiger partial charge in [-0.05, 0) is 36.2 Å². The number of nitrogens with zero attached hydrogens (tertiary/aromatic N) is 2. The molecule has 1 unspecified atom stereocenters. The second-order valence-corrected chi connectivity index (χ2v) is 8.65. The minimum atomic E-state index is -3.38.